The summed E-state index contributed by atoms with van der Waals surface area (Å²) in [6, 6.07) is 14.6. The number of rotatable bonds is 11. The first-order valence-electron chi connectivity index (χ1n) is 9.41. The fraction of sp³-hybridized carbons (Fsp3) is 0.409. The van der Waals surface area contributed by atoms with Gasteiger partial charge in [-0.3, -0.25) is 4.79 Å². The van der Waals surface area contributed by atoms with Crippen molar-refractivity contribution in [2.24, 2.45) is 0 Å². The second kappa shape index (κ2) is 11.2. The lowest BCUT2D eigenvalue weighted by atomic mass is 10.1. The SMILES string of the molecule is CCCCCCCCOc1ccc(C(=O)Nc2cccc(OC)c2)cc1. The van der Waals surface area contributed by atoms with Crippen LogP contribution in [0, 0.1) is 0 Å². The van der Waals surface area contributed by atoms with Gasteiger partial charge in [0.2, 0.25) is 0 Å². The van der Waals surface area contributed by atoms with Crippen LogP contribution < -0.4 is 14.8 Å². The molecule has 1 N–H and O–H groups in total. The van der Waals surface area contributed by atoms with Crippen LogP contribution in [0.3, 0.4) is 0 Å². The van der Waals surface area contributed by atoms with Crippen molar-refractivity contribution in [2.45, 2.75) is 45.4 Å². The quantitative estimate of drug-likeness (QED) is 0.527. The van der Waals surface area contributed by atoms with E-state index in [1.54, 1.807) is 25.3 Å². The Morgan fingerprint density at radius 2 is 1.65 bits per heavy atom. The molecule has 0 spiro atoms. The van der Waals surface area contributed by atoms with Crippen molar-refractivity contribution in [3.8, 4) is 11.5 Å². The fourth-order valence-corrected chi connectivity index (χ4v) is 2.68. The molecule has 0 saturated carbocycles. The molecule has 2 aromatic carbocycles. The van der Waals surface area contributed by atoms with Crippen molar-refractivity contribution < 1.29 is 14.3 Å². The molecular weight excluding hydrogens is 326 g/mol. The average molecular weight is 355 g/mol. The molecule has 4 heteroatoms. The van der Waals surface area contributed by atoms with Gasteiger partial charge in [-0.05, 0) is 42.8 Å². The molecule has 0 unspecified atom stereocenters. The third-order valence-corrected chi connectivity index (χ3v) is 4.21. The van der Waals surface area contributed by atoms with Gasteiger partial charge in [0, 0.05) is 17.3 Å². The highest BCUT2D eigenvalue weighted by Crippen LogP contribution is 2.18. The van der Waals surface area contributed by atoms with Gasteiger partial charge in [-0.2, -0.15) is 0 Å². The highest BCUT2D eigenvalue weighted by molar-refractivity contribution is 6.04. The zero-order valence-electron chi connectivity index (χ0n) is 15.8. The average Bonchev–Trinajstić information content (AvgIpc) is 2.68. The molecule has 1 amide bonds. The fourth-order valence-electron chi connectivity index (χ4n) is 2.68. The molecule has 0 aliphatic carbocycles. The van der Waals surface area contributed by atoms with Gasteiger partial charge >= 0.3 is 0 Å². The monoisotopic (exact) mass is 355 g/mol. The standard InChI is InChI=1S/C22H29NO3/c1-3-4-5-6-7-8-16-26-20-14-12-18(13-15-20)22(24)23-19-10-9-11-21(17-19)25-2/h9-15,17H,3-8,16H2,1-2H3,(H,23,24). The van der Waals surface area contributed by atoms with E-state index in [1.807, 2.05) is 30.3 Å². The van der Waals surface area contributed by atoms with Crippen molar-refractivity contribution in [3.63, 3.8) is 0 Å². The van der Waals surface area contributed by atoms with Crippen molar-refractivity contribution >= 4 is 11.6 Å². The maximum Gasteiger partial charge on any atom is 0.255 e. The minimum Gasteiger partial charge on any atom is -0.497 e. The van der Waals surface area contributed by atoms with E-state index in [1.165, 1.54) is 32.1 Å². The zero-order chi connectivity index (χ0) is 18.6. The van der Waals surface area contributed by atoms with Gasteiger partial charge in [0.25, 0.3) is 5.91 Å². The maximum atomic E-state index is 12.3. The summed E-state index contributed by atoms with van der Waals surface area (Å²) in [5, 5.41) is 2.87. The summed E-state index contributed by atoms with van der Waals surface area (Å²) in [6.45, 7) is 2.95. The number of hydrogen-bond acceptors (Lipinski definition) is 3. The predicted octanol–water partition coefficient (Wildman–Crippen LogP) is 5.69. The highest BCUT2D eigenvalue weighted by Gasteiger charge is 2.07. The van der Waals surface area contributed by atoms with E-state index >= 15 is 0 Å². The molecule has 0 fully saturated rings. The van der Waals surface area contributed by atoms with Crippen LogP contribution in [0.4, 0.5) is 5.69 Å². The van der Waals surface area contributed by atoms with Crippen molar-refractivity contribution in [2.75, 3.05) is 19.0 Å². The summed E-state index contributed by atoms with van der Waals surface area (Å²) < 4.78 is 10.9. The van der Waals surface area contributed by atoms with E-state index in [9.17, 15) is 4.79 Å². The molecule has 0 aliphatic heterocycles. The summed E-state index contributed by atoms with van der Waals surface area (Å²) in [5.41, 5.74) is 1.30. The number of nitrogens with one attached hydrogen (secondary N) is 1. The van der Waals surface area contributed by atoms with Crippen molar-refractivity contribution in [3.05, 3.63) is 54.1 Å². The lowest BCUT2D eigenvalue weighted by molar-refractivity contribution is 0.102. The van der Waals surface area contributed by atoms with Gasteiger partial charge in [0.15, 0.2) is 0 Å². The Labute approximate surface area is 156 Å². The molecule has 0 aromatic heterocycles. The molecule has 0 aliphatic rings. The minimum absolute atomic E-state index is 0.152. The van der Waals surface area contributed by atoms with Crippen LogP contribution in [0.5, 0.6) is 11.5 Å². The molecule has 26 heavy (non-hydrogen) atoms. The van der Waals surface area contributed by atoms with Crippen LogP contribution in [0.1, 0.15) is 55.8 Å². The van der Waals surface area contributed by atoms with Crippen LogP contribution in [-0.4, -0.2) is 19.6 Å². The van der Waals surface area contributed by atoms with E-state index in [-0.39, 0.29) is 5.91 Å². The second-order valence-electron chi connectivity index (χ2n) is 6.33. The van der Waals surface area contributed by atoms with Gasteiger partial charge in [0.05, 0.1) is 13.7 Å². The van der Waals surface area contributed by atoms with Crippen LogP contribution >= 0.6 is 0 Å². The highest BCUT2D eigenvalue weighted by atomic mass is 16.5. The van der Waals surface area contributed by atoms with E-state index < -0.39 is 0 Å². The lowest BCUT2D eigenvalue weighted by Gasteiger charge is -2.09. The van der Waals surface area contributed by atoms with Gasteiger partial charge in [-0.1, -0.05) is 45.1 Å². The number of carbonyl (C=O) groups excluding carboxylic acids is 1. The Balaban J connectivity index is 1.76. The number of ether oxygens (including phenoxy) is 2. The van der Waals surface area contributed by atoms with E-state index in [0.717, 1.165) is 18.8 Å². The topological polar surface area (TPSA) is 47.6 Å². The number of hydrogen-bond donors (Lipinski definition) is 1. The van der Waals surface area contributed by atoms with E-state index in [0.29, 0.717) is 17.0 Å². The first-order chi connectivity index (χ1) is 12.7. The third kappa shape index (κ3) is 6.79. The Morgan fingerprint density at radius 1 is 0.923 bits per heavy atom. The zero-order valence-corrected chi connectivity index (χ0v) is 15.8. The van der Waals surface area contributed by atoms with Gasteiger partial charge < -0.3 is 14.8 Å². The first kappa shape index (κ1) is 19.8. The Kier molecular flexibility index (Phi) is 8.53. The smallest absolute Gasteiger partial charge is 0.255 e. The van der Waals surface area contributed by atoms with Crippen molar-refractivity contribution in [1.82, 2.24) is 0 Å². The molecule has 0 heterocycles. The normalized spacial score (nSPS) is 10.4. The van der Waals surface area contributed by atoms with E-state index in [4.69, 9.17) is 9.47 Å². The largest absolute Gasteiger partial charge is 0.497 e. The third-order valence-electron chi connectivity index (χ3n) is 4.21. The molecule has 0 radical (unpaired) electrons. The molecule has 4 nitrogen and oxygen atoms in total. The van der Waals surface area contributed by atoms with Crippen molar-refractivity contribution in [1.29, 1.82) is 0 Å². The van der Waals surface area contributed by atoms with Crippen LogP contribution in [0.15, 0.2) is 48.5 Å². The van der Waals surface area contributed by atoms with Crippen LogP contribution in [0.2, 0.25) is 0 Å². The summed E-state index contributed by atoms with van der Waals surface area (Å²) in [6.07, 6.45) is 7.46. The molecule has 140 valence electrons. The minimum atomic E-state index is -0.152. The summed E-state index contributed by atoms with van der Waals surface area (Å²) in [4.78, 5) is 12.3. The summed E-state index contributed by atoms with van der Waals surface area (Å²) >= 11 is 0. The van der Waals surface area contributed by atoms with Gasteiger partial charge in [0.1, 0.15) is 11.5 Å². The maximum absolute atomic E-state index is 12.3. The van der Waals surface area contributed by atoms with Gasteiger partial charge in [-0.15, -0.1) is 0 Å². The second-order valence-corrected chi connectivity index (χ2v) is 6.33. The number of carbonyl (C=O) groups is 1. The van der Waals surface area contributed by atoms with Crippen LogP contribution in [0.25, 0.3) is 0 Å². The Morgan fingerprint density at radius 3 is 2.38 bits per heavy atom. The molecule has 0 saturated heterocycles. The molecule has 2 aromatic rings. The predicted molar refractivity (Wildman–Crippen MR) is 106 cm³/mol. The number of unbranched alkanes of at least 4 members (excludes halogenated alkanes) is 5. The number of amides is 1. The number of methoxy groups -OCH3 is 1. The summed E-state index contributed by atoms with van der Waals surface area (Å²) in [5.74, 6) is 1.36. The number of benzene rings is 2. The lowest BCUT2D eigenvalue weighted by Crippen LogP contribution is -2.11. The molecular formula is C22H29NO3. The number of anilines is 1. The molecule has 2 rings (SSSR count). The first-order valence-corrected chi connectivity index (χ1v) is 9.41. The van der Waals surface area contributed by atoms with Gasteiger partial charge in [-0.25, -0.2) is 0 Å². The Hall–Kier alpha value is -2.49. The Bertz CT molecular complexity index is 667. The molecule has 0 bridgehead atoms. The molecule has 0 atom stereocenters. The summed E-state index contributed by atoms with van der Waals surface area (Å²) in [7, 11) is 1.60. The van der Waals surface area contributed by atoms with E-state index in [2.05, 4.69) is 12.2 Å². The van der Waals surface area contributed by atoms with Crippen LogP contribution in [-0.2, 0) is 0 Å².